The average molecular weight is 575 g/mol. The lowest BCUT2D eigenvalue weighted by Gasteiger charge is -2.34. The Labute approximate surface area is 243 Å². The molecule has 5 heterocycles. The number of hydrogen-bond donors (Lipinski definition) is 2. The number of nitrogens with one attached hydrogen (secondary N) is 1. The lowest BCUT2D eigenvalue weighted by Crippen LogP contribution is -2.48. The van der Waals surface area contributed by atoms with Crippen LogP contribution >= 0.6 is 0 Å². The summed E-state index contributed by atoms with van der Waals surface area (Å²) in [7, 11) is 0. The van der Waals surface area contributed by atoms with Gasteiger partial charge in [-0.05, 0) is 31.2 Å². The maximum absolute atomic E-state index is 13.1. The highest BCUT2D eigenvalue weighted by Gasteiger charge is 2.31. The van der Waals surface area contributed by atoms with E-state index in [0.29, 0.717) is 86.6 Å². The van der Waals surface area contributed by atoms with Crippen LogP contribution in [0.15, 0.2) is 36.7 Å². The number of morpholine rings is 1. The van der Waals surface area contributed by atoms with Gasteiger partial charge in [0.1, 0.15) is 0 Å². The Morgan fingerprint density at radius 1 is 1.02 bits per heavy atom. The summed E-state index contributed by atoms with van der Waals surface area (Å²) in [5.41, 5.74) is 8.87. The highest BCUT2D eigenvalue weighted by atomic mass is 16.7. The molecular formula is C28H34N10O4. The fourth-order valence-corrected chi connectivity index (χ4v) is 5.33. The number of rotatable bonds is 6. The third-order valence-electron chi connectivity index (χ3n) is 7.67. The molecule has 3 aliphatic heterocycles. The molecule has 3 N–H and O–H groups in total. The number of fused-ring (bicyclic) bond motifs is 1. The molecule has 14 heteroatoms. The number of hydrogen-bond acceptors (Lipinski definition) is 12. The van der Waals surface area contributed by atoms with E-state index in [-0.39, 0.29) is 11.9 Å². The Morgan fingerprint density at radius 3 is 2.52 bits per heavy atom. The van der Waals surface area contributed by atoms with Crippen molar-refractivity contribution in [1.82, 2.24) is 29.7 Å². The zero-order chi connectivity index (χ0) is 29.1. The number of amides is 2. The standard InChI is InChI=1S/C28H34N10O4/c1-2-35-8-10-36(11-9-35)25(39)19-4-3-5-21(16-19)32-28(40)42-38-7-6-22-23(20-17-30-26(29)31-18-20)33-27(34-24(22)38)37-12-14-41-15-13-37/h3-5,16-18H,2,6-15H2,1H3,(H,32,40)(H2,29,30,31). The summed E-state index contributed by atoms with van der Waals surface area (Å²) in [5, 5.41) is 4.23. The molecule has 3 aromatic rings. The van der Waals surface area contributed by atoms with Gasteiger partial charge < -0.3 is 30.0 Å². The zero-order valence-corrected chi connectivity index (χ0v) is 23.5. The monoisotopic (exact) mass is 574 g/mol. The topological polar surface area (TPSA) is 155 Å². The third-order valence-corrected chi connectivity index (χ3v) is 7.67. The summed E-state index contributed by atoms with van der Waals surface area (Å²) in [6.07, 6.45) is 3.12. The van der Waals surface area contributed by atoms with Gasteiger partial charge >= 0.3 is 6.09 Å². The first-order valence-electron chi connectivity index (χ1n) is 14.2. The van der Waals surface area contributed by atoms with Crippen molar-refractivity contribution in [2.75, 3.05) is 86.6 Å². The molecule has 0 bridgehead atoms. The van der Waals surface area contributed by atoms with Crippen LogP contribution in [-0.2, 0) is 16.0 Å². The second kappa shape index (κ2) is 12.1. The molecule has 2 amide bonds. The number of ether oxygens (including phenoxy) is 1. The van der Waals surface area contributed by atoms with Crippen molar-refractivity contribution < 1.29 is 19.2 Å². The van der Waals surface area contributed by atoms with E-state index in [4.69, 9.17) is 25.3 Å². The number of anilines is 4. The Kier molecular flexibility index (Phi) is 7.97. The molecule has 0 saturated carbocycles. The van der Waals surface area contributed by atoms with Gasteiger partial charge in [-0.1, -0.05) is 13.0 Å². The van der Waals surface area contributed by atoms with Gasteiger partial charge in [0.05, 0.1) is 25.5 Å². The largest absolute Gasteiger partial charge is 0.436 e. The van der Waals surface area contributed by atoms with E-state index in [2.05, 4.69) is 27.1 Å². The number of nitrogens with two attached hydrogens (primary N) is 1. The molecule has 42 heavy (non-hydrogen) atoms. The van der Waals surface area contributed by atoms with E-state index < -0.39 is 6.09 Å². The van der Waals surface area contributed by atoms with Crippen molar-refractivity contribution in [3.8, 4) is 11.3 Å². The minimum atomic E-state index is -0.687. The number of likely N-dealkylation sites (N-methyl/N-ethyl adjacent to an activating group) is 1. The number of piperazine rings is 1. The number of carbonyl (C=O) groups is 2. The van der Waals surface area contributed by atoms with E-state index in [9.17, 15) is 9.59 Å². The number of aromatic nitrogens is 4. The molecule has 0 spiro atoms. The average Bonchev–Trinajstić information content (AvgIpc) is 3.43. The number of hydroxylamine groups is 1. The summed E-state index contributed by atoms with van der Waals surface area (Å²) >= 11 is 0. The Morgan fingerprint density at radius 2 is 1.79 bits per heavy atom. The highest BCUT2D eigenvalue weighted by molar-refractivity contribution is 5.96. The van der Waals surface area contributed by atoms with E-state index in [0.717, 1.165) is 25.2 Å². The number of carbonyl (C=O) groups excluding carboxylic acids is 2. The molecule has 0 unspecified atom stereocenters. The molecule has 2 saturated heterocycles. The molecule has 2 aromatic heterocycles. The van der Waals surface area contributed by atoms with Crippen molar-refractivity contribution in [1.29, 1.82) is 0 Å². The Hall–Kier alpha value is -4.56. The molecule has 220 valence electrons. The van der Waals surface area contributed by atoms with Crippen LogP contribution < -0.4 is 21.0 Å². The Balaban J connectivity index is 1.18. The van der Waals surface area contributed by atoms with E-state index in [1.54, 1.807) is 36.7 Å². The quantitative estimate of drug-likeness (QED) is 0.440. The smallest absolute Gasteiger partial charge is 0.378 e. The van der Waals surface area contributed by atoms with Crippen molar-refractivity contribution in [3.05, 3.63) is 47.8 Å². The second-order valence-corrected chi connectivity index (χ2v) is 10.3. The first-order chi connectivity index (χ1) is 20.5. The van der Waals surface area contributed by atoms with Crippen LogP contribution in [-0.4, -0.2) is 107 Å². The number of benzene rings is 1. The highest BCUT2D eigenvalue weighted by Crippen LogP contribution is 2.35. The molecule has 14 nitrogen and oxygen atoms in total. The molecule has 2 fully saturated rings. The van der Waals surface area contributed by atoms with Gasteiger partial charge in [-0.25, -0.2) is 19.7 Å². The van der Waals surface area contributed by atoms with Gasteiger partial charge in [-0.15, -0.1) is 0 Å². The van der Waals surface area contributed by atoms with Gasteiger partial charge in [0, 0.05) is 74.0 Å². The molecular weight excluding hydrogens is 540 g/mol. The van der Waals surface area contributed by atoms with Gasteiger partial charge in [0.25, 0.3) is 5.91 Å². The molecule has 0 radical (unpaired) electrons. The fourth-order valence-electron chi connectivity index (χ4n) is 5.33. The van der Waals surface area contributed by atoms with Gasteiger partial charge in [0.2, 0.25) is 11.9 Å². The predicted octanol–water partition coefficient (Wildman–Crippen LogP) is 1.66. The number of nitrogen functional groups attached to an aromatic ring is 1. The lowest BCUT2D eigenvalue weighted by molar-refractivity contribution is 0.0643. The van der Waals surface area contributed by atoms with Crippen LogP contribution in [0.2, 0.25) is 0 Å². The third kappa shape index (κ3) is 5.90. The normalized spacial score (nSPS) is 17.2. The van der Waals surface area contributed by atoms with Crippen LogP contribution in [0, 0.1) is 0 Å². The first kappa shape index (κ1) is 27.6. The van der Waals surface area contributed by atoms with Crippen molar-refractivity contribution in [3.63, 3.8) is 0 Å². The predicted molar refractivity (Wildman–Crippen MR) is 156 cm³/mol. The lowest BCUT2D eigenvalue weighted by atomic mass is 10.1. The molecule has 6 rings (SSSR count). The van der Waals surface area contributed by atoms with Crippen LogP contribution in [0.4, 0.5) is 28.2 Å². The fraction of sp³-hybridized carbons (Fsp3) is 0.429. The van der Waals surface area contributed by atoms with E-state index >= 15 is 0 Å². The first-order valence-corrected chi connectivity index (χ1v) is 14.2. The molecule has 0 aliphatic carbocycles. The maximum atomic E-state index is 13.1. The van der Waals surface area contributed by atoms with Gasteiger partial charge in [-0.2, -0.15) is 10.0 Å². The van der Waals surface area contributed by atoms with E-state index in [1.807, 2.05) is 9.80 Å². The van der Waals surface area contributed by atoms with Crippen molar-refractivity contribution >= 4 is 35.4 Å². The summed E-state index contributed by atoms with van der Waals surface area (Å²) in [6, 6.07) is 6.90. The number of nitrogens with zero attached hydrogens (tertiary/aromatic N) is 8. The van der Waals surface area contributed by atoms with Crippen LogP contribution in [0.25, 0.3) is 11.3 Å². The van der Waals surface area contributed by atoms with Crippen LogP contribution in [0.1, 0.15) is 22.8 Å². The summed E-state index contributed by atoms with van der Waals surface area (Å²) in [4.78, 5) is 55.9. The van der Waals surface area contributed by atoms with Gasteiger partial charge in [0.15, 0.2) is 5.82 Å². The van der Waals surface area contributed by atoms with Crippen molar-refractivity contribution in [2.24, 2.45) is 0 Å². The SMILES string of the molecule is CCN1CCN(C(=O)c2cccc(NC(=O)ON3CCc4c(-c5cnc(N)nc5)nc(N5CCOCC5)nc43)c2)CC1. The van der Waals surface area contributed by atoms with E-state index in [1.165, 1.54) is 5.06 Å². The van der Waals surface area contributed by atoms with Crippen LogP contribution in [0.3, 0.4) is 0 Å². The molecule has 3 aliphatic rings. The summed E-state index contributed by atoms with van der Waals surface area (Å²) < 4.78 is 5.49. The van der Waals surface area contributed by atoms with Crippen LogP contribution in [0.5, 0.6) is 0 Å². The minimum absolute atomic E-state index is 0.0530. The molecule has 0 atom stereocenters. The molecule has 1 aromatic carbocycles. The second-order valence-electron chi connectivity index (χ2n) is 10.3. The summed E-state index contributed by atoms with van der Waals surface area (Å²) in [5.74, 6) is 1.13. The minimum Gasteiger partial charge on any atom is -0.378 e. The summed E-state index contributed by atoms with van der Waals surface area (Å²) in [6.45, 7) is 8.98. The van der Waals surface area contributed by atoms with Crippen molar-refractivity contribution in [2.45, 2.75) is 13.3 Å². The maximum Gasteiger partial charge on any atom is 0.436 e. The van der Waals surface area contributed by atoms with Gasteiger partial charge in [-0.3, -0.25) is 10.1 Å². The zero-order valence-electron chi connectivity index (χ0n) is 23.5. The Bertz CT molecular complexity index is 1440.